The number of benzene rings is 1. The minimum Gasteiger partial charge on any atom is -0.332 e. The molecule has 2 N–H and O–H groups in total. The van der Waals surface area contributed by atoms with Crippen LogP contribution in [-0.2, 0) is 6.42 Å². The molecule has 0 aromatic heterocycles. The van der Waals surface area contributed by atoms with Crippen molar-refractivity contribution in [3.8, 4) is 0 Å². The molecule has 0 aliphatic carbocycles. The average Bonchev–Trinajstić information content (AvgIpc) is 2.17. The molecular formula is C11H17N3S. The van der Waals surface area contributed by atoms with E-state index in [-0.39, 0.29) is 0 Å². The van der Waals surface area contributed by atoms with Gasteiger partial charge in [0.2, 0.25) is 0 Å². The third-order valence-electron chi connectivity index (χ3n) is 1.95. The van der Waals surface area contributed by atoms with E-state index in [1.165, 1.54) is 5.56 Å². The zero-order chi connectivity index (χ0) is 11.3. The monoisotopic (exact) mass is 223 g/mol. The van der Waals surface area contributed by atoms with Gasteiger partial charge in [-0.05, 0) is 36.3 Å². The molecule has 1 rings (SSSR count). The Bertz CT molecular complexity index is 319. The van der Waals surface area contributed by atoms with Gasteiger partial charge < -0.3 is 5.32 Å². The molecule has 0 amide bonds. The molecule has 4 heteroatoms. The zero-order valence-corrected chi connectivity index (χ0v) is 10.2. The van der Waals surface area contributed by atoms with Gasteiger partial charge in [0.05, 0.1) is 0 Å². The first kappa shape index (κ1) is 11.9. The Labute approximate surface area is 96.4 Å². The van der Waals surface area contributed by atoms with E-state index < -0.39 is 0 Å². The normalized spacial score (nSPS) is 10.1. The van der Waals surface area contributed by atoms with Crippen LogP contribution in [0.15, 0.2) is 24.3 Å². The second-order valence-electron chi connectivity index (χ2n) is 3.51. The van der Waals surface area contributed by atoms with Gasteiger partial charge in [-0.2, -0.15) is 0 Å². The van der Waals surface area contributed by atoms with E-state index in [2.05, 4.69) is 29.8 Å². The lowest BCUT2D eigenvalue weighted by Crippen LogP contribution is -2.38. The van der Waals surface area contributed by atoms with Crippen molar-refractivity contribution in [3.63, 3.8) is 0 Å². The summed E-state index contributed by atoms with van der Waals surface area (Å²) in [5, 5.41) is 5.51. The van der Waals surface area contributed by atoms with Gasteiger partial charge in [-0.1, -0.05) is 19.1 Å². The van der Waals surface area contributed by atoms with Crippen LogP contribution in [0.3, 0.4) is 0 Å². The molecule has 0 bridgehead atoms. The Balaban J connectivity index is 2.53. The highest BCUT2D eigenvalue weighted by Crippen LogP contribution is 2.09. The summed E-state index contributed by atoms with van der Waals surface area (Å²) in [7, 11) is 3.79. The van der Waals surface area contributed by atoms with Crippen molar-refractivity contribution < 1.29 is 0 Å². The molecule has 0 atom stereocenters. The standard InChI is InChI=1S/C11H17N3S/c1-4-9-5-7-10(8-6-9)12-11(15)13-14(2)3/h5-8H,4H2,1-3H3,(H2,12,13,15). The van der Waals surface area contributed by atoms with E-state index in [9.17, 15) is 0 Å². The maximum absolute atomic E-state index is 5.11. The molecule has 0 saturated heterocycles. The second kappa shape index (κ2) is 5.68. The molecule has 0 fully saturated rings. The number of anilines is 1. The van der Waals surface area contributed by atoms with Gasteiger partial charge in [-0.3, -0.25) is 5.43 Å². The molecule has 0 unspecified atom stereocenters. The van der Waals surface area contributed by atoms with Gasteiger partial charge in [-0.15, -0.1) is 0 Å². The first-order chi connectivity index (χ1) is 7.11. The number of thiocarbonyl (C=S) groups is 1. The number of hydrogen-bond donors (Lipinski definition) is 2. The fourth-order valence-corrected chi connectivity index (χ4v) is 1.49. The lowest BCUT2D eigenvalue weighted by atomic mass is 10.1. The summed E-state index contributed by atoms with van der Waals surface area (Å²) in [5.41, 5.74) is 5.31. The van der Waals surface area contributed by atoms with E-state index in [0.717, 1.165) is 12.1 Å². The summed E-state index contributed by atoms with van der Waals surface area (Å²) < 4.78 is 0. The number of nitrogens with one attached hydrogen (secondary N) is 2. The van der Waals surface area contributed by atoms with Crippen molar-refractivity contribution in [2.45, 2.75) is 13.3 Å². The third kappa shape index (κ3) is 4.27. The van der Waals surface area contributed by atoms with Gasteiger partial charge >= 0.3 is 0 Å². The van der Waals surface area contributed by atoms with Crippen LogP contribution in [0.5, 0.6) is 0 Å². The molecule has 0 aliphatic rings. The molecule has 1 aromatic rings. The highest BCUT2D eigenvalue weighted by atomic mass is 32.1. The third-order valence-corrected chi connectivity index (χ3v) is 2.14. The summed E-state index contributed by atoms with van der Waals surface area (Å²) in [6, 6.07) is 8.26. The highest BCUT2D eigenvalue weighted by Gasteiger charge is 1.97. The van der Waals surface area contributed by atoms with Crippen LogP contribution in [0.2, 0.25) is 0 Å². The number of aryl methyl sites for hydroxylation is 1. The quantitative estimate of drug-likeness (QED) is 0.605. The fraction of sp³-hybridized carbons (Fsp3) is 0.364. The summed E-state index contributed by atoms with van der Waals surface area (Å²) in [6.07, 6.45) is 1.06. The molecule has 0 radical (unpaired) electrons. The van der Waals surface area contributed by atoms with E-state index >= 15 is 0 Å². The van der Waals surface area contributed by atoms with Crippen LogP contribution in [-0.4, -0.2) is 24.2 Å². The van der Waals surface area contributed by atoms with Crippen molar-refractivity contribution in [1.29, 1.82) is 0 Å². The van der Waals surface area contributed by atoms with Crippen LogP contribution in [0, 0.1) is 0 Å². The lowest BCUT2D eigenvalue weighted by Gasteiger charge is -2.15. The average molecular weight is 223 g/mol. The van der Waals surface area contributed by atoms with E-state index in [1.807, 2.05) is 26.2 Å². The number of hydrogen-bond acceptors (Lipinski definition) is 2. The first-order valence-electron chi connectivity index (χ1n) is 4.95. The number of rotatable bonds is 3. The van der Waals surface area contributed by atoms with Gasteiger partial charge in [0, 0.05) is 19.8 Å². The van der Waals surface area contributed by atoms with Crippen molar-refractivity contribution in [1.82, 2.24) is 10.4 Å². The summed E-state index contributed by atoms with van der Waals surface area (Å²) in [4.78, 5) is 0. The molecule has 15 heavy (non-hydrogen) atoms. The molecule has 0 aliphatic heterocycles. The van der Waals surface area contributed by atoms with Crippen LogP contribution < -0.4 is 10.7 Å². The Kier molecular flexibility index (Phi) is 4.52. The topological polar surface area (TPSA) is 27.3 Å². The van der Waals surface area contributed by atoms with Crippen LogP contribution in [0.1, 0.15) is 12.5 Å². The van der Waals surface area contributed by atoms with E-state index in [4.69, 9.17) is 12.2 Å². The number of nitrogens with zero attached hydrogens (tertiary/aromatic N) is 1. The van der Waals surface area contributed by atoms with Gasteiger partial charge in [0.1, 0.15) is 0 Å². The van der Waals surface area contributed by atoms with Gasteiger partial charge in [-0.25, -0.2) is 5.01 Å². The Hall–Kier alpha value is -1.13. The Morgan fingerprint density at radius 2 is 1.87 bits per heavy atom. The molecule has 0 saturated carbocycles. The minimum absolute atomic E-state index is 0.601. The second-order valence-corrected chi connectivity index (χ2v) is 3.92. The Morgan fingerprint density at radius 1 is 1.27 bits per heavy atom. The predicted molar refractivity (Wildman–Crippen MR) is 68.9 cm³/mol. The highest BCUT2D eigenvalue weighted by molar-refractivity contribution is 7.80. The maximum atomic E-state index is 5.11. The van der Waals surface area contributed by atoms with Crippen molar-refractivity contribution >= 4 is 23.0 Å². The zero-order valence-electron chi connectivity index (χ0n) is 9.37. The summed E-state index contributed by atoms with van der Waals surface area (Å²) in [5.74, 6) is 0. The molecule has 3 nitrogen and oxygen atoms in total. The lowest BCUT2D eigenvalue weighted by molar-refractivity contribution is 0.365. The van der Waals surface area contributed by atoms with Crippen molar-refractivity contribution in [3.05, 3.63) is 29.8 Å². The van der Waals surface area contributed by atoms with E-state index in [0.29, 0.717) is 5.11 Å². The molecule has 1 aromatic carbocycles. The van der Waals surface area contributed by atoms with Gasteiger partial charge in [0.15, 0.2) is 5.11 Å². The smallest absolute Gasteiger partial charge is 0.185 e. The summed E-state index contributed by atoms with van der Waals surface area (Å²) >= 11 is 5.11. The van der Waals surface area contributed by atoms with E-state index in [1.54, 1.807) is 5.01 Å². The first-order valence-corrected chi connectivity index (χ1v) is 5.36. The molecule has 0 heterocycles. The summed E-state index contributed by atoms with van der Waals surface area (Å²) in [6.45, 7) is 2.14. The fourth-order valence-electron chi connectivity index (χ4n) is 1.19. The number of hydrazine groups is 1. The predicted octanol–water partition coefficient (Wildman–Crippen LogP) is 2.01. The SMILES string of the molecule is CCc1ccc(NC(=S)NN(C)C)cc1. The maximum Gasteiger partial charge on any atom is 0.185 e. The van der Waals surface area contributed by atoms with Crippen LogP contribution >= 0.6 is 12.2 Å². The largest absolute Gasteiger partial charge is 0.332 e. The van der Waals surface area contributed by atoms with Crippen molar-refractivity contribution in [2.24, 2.45) is 0 Å². The molecule has 82 valence electrons. The Morgan fingerprint density at radius 3 is 2.33 bits per heavy atom. The minimum atomic E-state index is 0.601. The van der Waals surface area contributed by atoms with Crippen molar-refractivity contribution in [2.75, 3.05) is 19.4 Å². The van der Waals surface area contributed by atoms with Gasteiger partial charge in [0.25, 0.3) is 0 Å². The van der Waals surface area contributed by atoms with Crippen LogP contribution in [0.4, 0.5) is 5.69 Å². The molecule has 0 spiro atoms. The molecular weight excluding hydrogens is 206 g/mol. The van der Waals surface area contributed by atoms with Crippen LogP contribution in [0.25, 0.3) is 0 Å².